The van der Waals surface area contributed by atoms with Crippen LogP contribution in [0.15, 0.2) is 0 Å². The van der Waals surface area contributed by atoms with Crippen molar-refractivity contribution in [1.82, 2.24) is 0 Å². The van der Waals surface area contributed by atoms with Crippen molar-refractivity contribution >= 4 is 0 Å². The molecule has 2 atom stereocenters. The predicted octanol–water partition coefficient (Wildman–Crippen LogP) is 3.36. The van der Waals surface area contributed by atoms with E-state index in [1.165, 1.54) is 12.8 Å². The fraction of sp³-hybridized carbons (Fsp3) is 1.00. The maximum Gasteiger partial charge on any atom is 0.0650 e. The molecule has 1 fully saturated rings. The van der Waals surface area contributed by atoms with E-state index in [1.807, 2.05) is 0 Å². The lowest BCUT2D eigenvalue weighted by molar-refractivity contribution is -0.0315. The molecule has 0 saturated heterocycles. The van der Waals surface area contributed by atoms with Gasteiger partial charge in [0.15, 0.2) is 0 Å². The third-order valence-electron chi connectivity index (χ3n) is 3.52. The molecule has 0 aliphatic heterocycles. The van der Waals surface area contributed by atoms with Crippen LogP contribution in [0.25, 0.3) is 0 Å². The lowest BCUT2D eigenvalue weighted by atomic mass is 9.72. The second-order valence-electron chi connectivity index (χ2n) is 5.07. The molecule has 0 aromatic rings. The van der Waals surface area contributed by atoms with Crippen LogP contribution in [0.3, 0.4) is 0 Å². The van der Waals surface area contributed by atoms with Crippen molar-refractivity contribution in [1.29, 1.82) is 0 Å². The van der Waals surface area contributed by atoms with E-state index in [2.05, 4.69) is 20.8 Å². The van der Waals surface area contributed by atoms with Crippen molar-refractivity contribution in [3.8, 4) is 0 Å². The highest BCUT2D eigenvalue weighted by Crippen LogP contribution is 2.38. The first-order chi connectivity index (χ1) is 6.07. The molecule has 1 saturated carbocycles. The van der Waals surface area contributed by atoms with E-state index in [0.717, 1.165) is 37.5 Å². The summed E-state index contributed by atoms with van der Waals surface area (Å²) in [6.07, 6.45) is 6.73. The third kappa shape index (κ3) is 2.98. The van der Waals surface area contributed by atoms with Crippen molar-refractivity contribution in [3.05, 3.63) is 0 Å². The molecule has 0 bridgehead atoms. The zero-order chi connectivity index (χ0) is 9.90. The quantitative estimate of drug-likeness (QED) is 0.713. The summed E-state index contributed by atoms with van der Waals surface area (Å²) < 4.78 is 0. The summed E-state index contributed by atoms with van der Waals surface area (Å²) in [5, 5.41) is 10.3. The molecule has 13 heavy (non-hydrogen) atoms. The second kappa shape index (κ2) is 4.45. The molecule has 0 spiro atoms. The average molecular weight is 184 g/mol. The van der Waals surface area contributed by atoms with Gasteiger partial charge in [-0.2, -0.15) is 0 Å². The highest BCUT2D eigenvalue weighted by atomic mass is 16.3. The average Bonchev–Trinajstić information content (AvgIpc) is 2.04. The van der Waals surface area contributed by atoms with Crippen molar-refractivity contribution in [3.63, 3.8) is 0 Å². The first-order valence-electron chi connectivity index (χ1n) is 5.80. The van der Waals surface area contributed by atoms with E-state index in [0.29, 0.717) is 0 Å². The van der Waals surface area contributed by atoms with E-state index in [9.17, 15) is 5.11 Å². The lowest BCUT2D eigenvalue weighted by Crippen LogP contribution is -2.36. The van der Waals surface area contributed by atoms with Gasteiger partial charge in [-0.3, -0.25) is 0 Å². The van der Waals surface area contributed by atoms with Crippen LogP contribution in [0.2, 0.25) is 0 Å². The van der Waals surface area contributed by atoms with E-state index in [4.69, 9.17) is 0 Å². The van der Waals surface area contributed by atoms with Crippen LogP contribution in [0.4, 0.5) is 0 Å². The summed E-state index contributed by atoms with van der Waals surface area (Å²) in [5.41, 5.74) is -0.318. The van der Waals surface area contributed by atoms with Crippen molar-refractivity contribution in [2.75, 3.05) is 0 Å². The predicted molar refractivity (Wildman–Crippen MR) is 56.7 cm³/mol. The summed E-state index contributed by atoms with van der Waals surface area (Å²) in [5.74, 6) is 1.49. The van der Waals surface area contributed by atoms with Gasteiger partial charge in [-0.25, -0.2) is 0 Å². The number of hydrogen-bond acceptors (Lipinski definition) is 1. The zero-order valence-electron chi connectivity index (χ0n) is 9.34. The standard InChI is InChI=1S/C12H24O/c1-4-7-12(13)8-5-6-11(9-12)10(2)3/h10-11,13H,4-9H2,1-3H3. The molecule has 1 aliphatic carbocycles. The van der Waals surface area contributed by atoms with E-state index in [-0.39, 0.29) is 5.60 Å². The molecule has 1 heteroatoms. The Kier molecular flexibility index (Phi) is 3.78. The molecule has 0 aromatic heterocycles. The molecular formula is C12H24O. The first kappa shape index (κ1) is 11.0. The minimum atomic E-state index is -0.318. The van der Waals surface area contributed by atoms with Crippen molar-refractivity contribution in [2.24, 2.45) is 11.8 Å². The van der Waals surface area contributed by atoms with Gasteiger partial charge >= 0.3 is 0 Å². The minimum absolute atomic E-state index is 0.318. The second-order valence-corrected chi connectivity index (χ2v) is 5.07. The van der Waals surface area contributed by atoms with Gasteiger partial charge in [-0.05, 0) is 37.5 Å². The highest BCUT2D eigenvalue weighted by molar-refractivity contribution is 4.86. The zero-order valence-corrected chi connectivity index (χ0v) is 9.34. The first-order valence-corrected chi connectivity index (χ1v) is 5.80. The van der Waals surface area contributed by atoms with Gasteiger partial charge in [0, 0.05) is 0 Å². The summed E-state index contributed by atoms with van der Waals surface area (Å²) in [4.78, 5) is 0. The maximum atomic E-state index is 10.3. The molecule has 1 nitrogen and oxygen atoms in total. The smallest absolute Gasteiger partial charge is 0.0650 e. The van der Waals surface area contributed by atoms with Gasteiger partial charge in [0.05, 0.1) is 5.60 Å². The van der Waals surface area contributed by atoms with E-state index in [1.54, 1.807) is 0 Å². The van der Waals surface area contributed by atoms with Crippen molar-refractivity contribution < 1.29 is 5.11 Å². The Morgan fingerprint density at radius 2 is 2.15 bits per heavy atom. The van der Waals surface area contributed by atoms with E-state index < -0.39 is 0 Å². The molecule has 1 N–H and O–H groups in total. The lowest BCUT2D eigenvalue weighted by Gasteiger charge is -2.38. The topological polar surface area (TPSA) is 20.2 Å². The molecule has 0 heterocycles. The van der Waals surface area contributed by atoms with E-state index >= 15 is 0 Å². The Morgan fingerprint density at radius 3 is 2.69 bits per heavy atom. The summed E-state index contributed by atoms with van der Waals surface area (Å²) in [7, 11) is 0. The fourth-order valence-corrected chi connectivity index (χ4v) is 2.65. The molecular weight excluding hydrogens is 160 g/mol. The van der Waals surface area contributed by atoms with Crippen LogP contribution in [-0.4, -0.2) is 10.7 Å². The fourth-order valence-electron chi connectivity index (χ4n) is 2.65. The largest absolute Gasteiger partial charge is 0.390 e. The minimum Gasteiger partial charge on any atom is -0.390 e. The maximum absolute atomic E-state index is 10.3. The van der Waals surface area contributed by atoms with Crippen LogP contribution >= 0.6 is 0 Å². The van der Waals surface area contributed by atoms with Gasteiger partial charge in [0.2, 0.25) is 0 Å². The Labute approximate surface area is 82.5 Å². The number of hydrogen-bond donors (Lipinski definition) is 1. The summed E-state index contributed by atoms with van der Waals surface area (Å²) in [6, 6.07) is 0. The van der Waals surface area contributed by atoms with Gasteiger partial charge in [0.25, 0.3) is 0 Å². The SMILES string of the molecule is CCCC1(O)CCCC(C(C)C)C1. The monoisotopic (exact) mass is 184 g/mol. The molecule has 1 rings (SSSR count). The van der Waals surface area contributed by atoms with Crippen LogP contribution in [0.1, 0.15) is 59.3 Å². The van der Waals surface area contributed by atoms with Crippen LogP contribution in [0.5, 0.6) is 0 Å². The number of rotatable bonds is 3. The number of aliphatic hydroxyl groups is 1. The van der Waals surface area contributed by atoms with Gasteiger partial charge in [0.1, 0.15) is 0 Å². The summed E-state index contributed by atoms with van der Waals surface area (Å²) in [6.45, 7) is 6.72. The van der Waals surface area contributed by atoms with Crippen LogP contribution in [-0.2, 0) is 0 Å². The Balaban J connectivity index is 2.49. The molecule has 1 aliphatic rings. The van der Waals surface area contributed by atoms with Crippen LogP contribution in [0, 0.1) is 11.8 Å². The highest BCUT2D eigenvalue weighted by Gasteiger charge is 2.34. The van der Waals surface area contributed by atoms with Crippen molar-refractivity contribution in [2.45, 2.75) is 64.9 Å². The Hall–Kier alpha value is -0.0400. The molecule has 2 unspecified atom stereocenters. The molecule has 0 amide bonds. The Bertz CT molecular complexity index is 149. The molecule has 0 radical (unpaired) electrons. The normalized spacial score (nSPS) is 35.3. The van der Waals surface area contributed by atoms with Gasteiger partial charge in [-0.15, -0.1) is 0 Å². The van der Waals surface area contributed by atoms with Crippen LogP contribution < -0.4 is 0 Å². The Morgan fingerprint density at radius 1 is 1.46 bits per heavy atom. The van der Waals surface area contributed by atoms with Gasteiger partial charge in [-0.1, -0.05) is 33.6 Å². The third-order valence-corrected chi connectivity index (χ3v) is 3.52. The summed E-state index contributed by atoms with van der Waals surface area (Å²) >= 11 is 0. The molecule has 78 valence electrons. The van der Waals surface area contributed by atoms with Gasteiger partial charge < -0.3 is 5.11 Å². The molecule has 0 aromatic carbocycles.